The van der Waals surface area contributed by atoms with Gasteiger partial charge in [-0.15, -0.1) is 0 Å². The molecule has 6 nitrogen and oxygen atoms in total. The van der Waals surface area contributed by atoms with Crippen LogP contribution in [0.5, 0.6) is 0 Å². The number of hydrogen-bond acceptors (Lipinski definition) is 3. The Morgan fingerprint density at radius 2 is 2.00 bits per heavy atom. The lowest BCUT2D eigenvalue weighted by Crippen LogP contribution is -2.45. The average molecular weight is 272 g/mol. The van der Waals surface area contributed by atoms with Crippen molar-refractivity contribution in [1.82, 2.24) is 10.2 Å². The molecule has 0 aromatic heterocycles. The Hall–Kier alpha value is -1.30. The summed E-state index contributed by atoms with van der Waals surface area (Å²) in [6.07, 6.45) is 3.12. The highest BCUT2D eigenvalue weighted by molar-refractivity contribution is 5.74. The number of likely N-dealkylation sites (tertiary alicyclic amines) is 1. The summed E-state index contributed by atoms with van der Waals surface area (Å²) in [7, 11) is 0. The number of rotatable bonds is 6. The van der Waals surface area contributed by atoms with Gasteiger partial charge in [0.15, 0.2) is 6.10 Å². The molecule has 0 bridgehead atoms. The molecule has 6 heteroatoms. The number of piperidine rings is 1. The van der Waals surface area contributed by atoms with E-state index in [-0.39, 0.29) is 19.0 Å². The zero-order chi connectivity index (χ0) is 14.3. The molecule has 110 valence electrons. The fourth-order valence-electron chi connectivity index (χ4n) is 2.38. The molecule has 1 rings (SSSR count). The molecular formula is C13H24N2O4. The molecular weight excluding hydrogens is 248 g/mol. The number of aliphatic hydroxyl groups excluding tert-OH is 1. The highest BCUT2D eigenvalue weighted by Crippen LogP contribution is 2.21. The number of aliphatic hydroxyl groups is 1. The lowest BCUT2D eigenvalue weighted by Gasteiger charge is -2.32. The molecule has 1 heterocycles. The van der Waals surface area contributed by atoms with Crippen molar-refractivity contribution in [3.8, 4) is 0 Å². The first-order valence-corrected chi connectivity index (χ1v) is 6.98. The maximum absolute atomic E-state index is 11.8. The molecule has 0 radical (unpaired) electrons. The Kier molecular flexibility index (Phi) is 6.62. The summed E-state index contributed by atoms with van der Waals surface area (Å²) in [5.41, 5.74) is 0. The van der Waals surface area contributed by atoms with Crippen molar-refractivity contribution in [1.29, 1.82) is 0 Å². The van der Waals surface area contributed by atoms with Crippen molar-refractivity contribution in [3.05, 3.63) is 0 Å². The molecule has 0 saturated carbocycles. The second kappa shape index (κ2) is 7.99. The Bertz CT molecular complexity index is 301. The summed E-state index contributed by atoms with van der Waals surface area (Å²) < 4.78 is 0. The zero-order valence-electron chi connectivity index (χ0n) is 11.5. The molecule has 19 heavy (non-hydrogen) atoms. The van der Waals surface area contributed by atoms with E-state index in [1.54, 1.807) is 4.90 Å². The molecule has 1 aliphatic heterocycles. The summed E-state index contributed by atoms with van der Waals surface area (Å²) in [5.74, 6) is -0.530. The third kappa shape index (κ3) is 5.46. The van der Waals surface area contributed by atoms with Crippen LogP contribution in [0.25, 0.3) is 0 Å². The van der Waals surface area contributed by atoms with Crippen molar-refractivity contribution < 1.29 is 19.8 Å². The lowest BCUT2D eigenvalue weighted by atomic mass is 9.93. The first-order valence-electron chi connectivity index (χ1n) is 6.98. The first kappa shape index (κ1) is 15.8. The van der Waals surface area contributed by atoms with Crippen LogP contribution in [0.2, 0.25) is 0 Å². The SMILES string of the molecule is CCCC1CCN(C(=O)NCCC(O)C(=O)O)CC1. The predicted molar refractivity (Wildman–Crippen MR) is 70.9 cm³/mol. The van der Waals surface area contributed by atoms with E-state index in [9.17, 15) is 9.59 Å². The fraction of sp³-hybridized carbons (Fsp3) is 0.846. The van der Waals surface area contributed by atoms with Crippen LogP contribution in [0.4, 0.5) is 4.79 Å². The fourth-order valence-corrected chi connectivity index (χ4v) is 2.38. The number of carboxylic acids is 1. The number of carbonyl (C=O) groups is 2. The highest BCUT2D eigenvalue weighted by Gasteiger charge is 2.22. The van der Waals surface area contributed by atoms with Gasteiger partial charge in [0.25, 0.3) is 0 Å². The Morgan fingerprint density at radius 3 is 2.53 bits per heavy atom. The minimum Gasteiger partial charge on any atom is -0.479 e. The summed E-state index contributed by atoms with van der Waals surface area (Å²) in [4.78, 5) is 24.0. The van der Waals surface area contributed by atoms with Gasteiger partial charge in [0.1, 0.15) is 0 Å². The third-order valence-electron chi connectivity index (χ3n) is 3.58. The topological polar surface area (TPSA) is 89.9 Å². The van der Waals surface area contributed by atoms with Crippen LogP contribution in [0.15, 0.2) is 0 Å². The van der Waals surface area contributed by atoms with E-state index in [0.29, 0.717) is 0 Å². The van der Waals surface area contributed by atoms with Crippen molar-refractivity contribution in [3.63, 3.8) is 0 Å². The number of nitrogens with zero attached hydrogens (tertiary/aromatic N) is 1. The molecule has 3 N–H and O–H groups in total. The van der Waals surface area contributed by atoms with Gasteiger partial charge >= 0.3 is 12.0 Å². The number of aliphatic carboxylic acids is 1. The number of carboxylic acid groups (broad SMARTS) is 1. The zero-order valence-corrected chi connectivity index (χ0v) is 11.5. The van der Waals surface area contributed by atoms with Crippen LogP contribution in [0.3, 0.4) is 0 Å². The van der Waals surface area contributed by atoms with Gasteiger partial charge in [-0.1, -0.05) is 19.8 Å². The van der Waals surface area contributed by atoms with Crippen molar-refractivity contribution in [2.75, 3.05) is 19.6 Å². The summed E-state index contributed by atoms with van der Waals surface area (Å²) in [6.45, 7) is 3.88. The maximum atomic E-state index is 11.8. The standard InChI is InChI=1S/C13H24N2O4/c1-2-3-10-5-8-15(9-6-10)13(19)14-7-4-11(16)12(17)18/h10-11,16H,2-9H2,1H3,(H,14,19)(H,17,18). The quantitative estimate of drug-likeness (QED) is 0.674. The van der Waals surface area contributed by atoms with Crippen LogP contribution < -0.4 is 5.32 Å². The van der Waals surface area contributed by atoms with Gasteiger partial charge in [-0.25, -0.2) is 9.59 Å². The number of hydrogen-bond donors (Lipinski definition) is 3. The molecule has 1 fully saturated rings. The van der Waals surface area contributed by atoms with Gasteiger partial charge in [-0.2, -0.15) is 0 Å². The van der Waals surface area contributed by atoms with Gasteiger partial charge in [-0.05, 0) is 18.8 Å². The minimum atomic E-state index is -1.41. The number of urea groups is 1. The second-order valence-electron chi connectivity index (χ2n) is 5.09. The molecule has 0 spiro atoms. The first-order chi connectivity index (χ1) is 9.04. The van der Waals surface area contributed by atoms with E-state index in [4.69, 9.17) is 10.2 Å². The Morgan fingerprint density at radius 1 is 1.37 bits per heavy atom. The molecule has 0 aromatic rings. The van der Waals surface area contributed by atoms with Crippen molar-refractivity contribution >= 4 is 12.0 Å². The number of carbonyl (C=O) groups excluding carboxylic acids is 1. The van der Waals surface area contributed by atoms with Crippen molar-refractivity contribution in [2.24, 2.45) is 5.92 Å². The minimum absolute atomic E-state index is 0.0351. The van der Waals surface area contributed by atoms with Crippen LogP contribution >= 0.6 is 0 Å². The molecule has 0 aliphatic carbocycles. The summed E-state index contributed by atoms with van der Waals surface area (Å²) in [6, 6.07) is -0.160. The van der Waals surface area contributed by atoms with Gasteiger partial charge in [0.2, 0.25) is 0 Å². The van der Waals surface area contributed by atoms with E-state index in [0.717, 1.165) is 31.8 Å². The van der Waals surface area contributed by atoms with E-state index in [1.165, 1.54) is 12.8 Å². The van der Waals surface area contributed by atoms with Gasteiger partial charge in [-0.3, -0.25) is 0 Å². The second-order valence-corrected chi connectivity index (χ2v) is 5.09. The molecule has 1 unspecified atom stereocenters. The molecule has 0 aromatic carbocycles. The normalized spacial score (nSPS) is 18.1. The van der Waals surface area contributed by atoms with E-state index < -0.39 is 12.1 Å². The smallest absolute Gasteiger partial charge is 0.332 e. The summed E-state index contributed by atoms with van der Waals surface area (Å²) in [5, 5.41) is 20.2. The molecule has 2 amide bonds. The van der Waals surface area contributed by atoms with Crippen molar-refractivity contribution in [2.45, 2.75) is 45.1 Å². The summed E-state index contributed by atoms with van der Waals surface area (Å²) >= 11 is 0. The Balaban J connectivity index is 2.19. The predicted octanol–water partition coefficient (Wildman–Crippen LogP) is 1.04. The van der Waals surface area contributed by atoms with Crippen LogP contribution in [-0.4, -0.2) is 52.9 Å². The van der Waals surface area contributed by atoms with E-state index in [1.807, 2.05) is 0 Å². The van der Waals surface area contributed by atoms with Gasteiger partial charge in [0.05, 0.1) is 0 Å². The monoisotopic (exact) mass is 272 g/mol. The molecule has 1 aliphatic rings. The van der Waals surface area contributed by atoms with Gasteiger partial charge < -0.3 is 20.4 Å². The average Bonchev–Trinajstić information content (AvgIpc) is 2.39. The van der Waals surface area contributed by atoms with Crippen LogP contribution in [0, 0.1) is 5.92 Å². The van der Waals surface area contributed by atoms with E-state index in [2.05, 4.69) is 12.2 Å². The third-order valence-corrected chi connectivity index (χ3v) is 3.58. The Labute approximate surface area is 113 Å². The highest BCUT2D eigenvalue weighted by atomic mass is 16.4. The van der Waals surface area contributed by atoms with Crippen LogP contribution in [-0.2, 0) is 4.79 Å². The molecule has 1 saturated heterocycles. The van der Waals surface area contributed by atoms with Crippen LogP contribution in [0.1, 0.15) is 39.0 Å². The number of nitrogens with one attached hydrogen (secondary N) is 1. The lowest BCUT2D eigenvalue weighted by molar-refractivity contribution is -0.146. The molecule has 1 atom stereocenters. The largest absolute Gasteiger partial charge is 0.479 e. The van der Waals surface area contributed by atoms with Gasteiger partial charge in [0, 0.05) is 26.1 Å². The maximum Gasteiger partial charge on any atom is 0.332 e. The number of amides is 2. The van der Waals surface area contributed by atoms with E-state index >= 15 is 0 Å².